The van der Waals surface area contributed by atoms with Crippen LogP contribution in [0.1, 0.15) is 36.8 Å². The van der Waals surface area contributed by atoms with E-state index >= 15 is 0 Å². The summed E-state index contributed by atoms with van der Waals surface area (Å²) in [6.45, 7) is 2.61. The zero-order valence-electron chi connectivity index (χ0n) is 16.4. The van der Waals surface area contributed by atoms with E-state index in [0.29, 0.717) is 11.8 Å². The van der Waals surface area contributed by atoms with E-state index in [9.17, 15) is 4.79 Å². The highest BCUT2D eigenvalue weighted by Crippen LogP contribution is 2.44. The Labute approximate surface area is 175 Å². The van der Waals surface area contributed by atoms with Crippen molar-refractivity contribution in [3.05, 3.63) is 35.4 Å². The zero-order valence-corrected chi connectivity index (χ0v) is 18.1. The van der Waals surface area contributed by atoms with Gasteiger partial charge in [-0.3, -0.25) is 4.79 Å². The van der Waals surface area contributed by atoms with Crippen LogP contribution in [0, 0.1) is 11.3 Å². The van der Waals surface area contributed by atoms with Gasteiger partial charge in [0.2, 0.25) is 5.91 Å². The maximum Gasteiger partial charge on any atom is 0.227 e. The number of halogens is 2. The lowest BCUT2D eigenvalue weighted by Crippen LogP contribution is -2.57. The van der Waals surface area contributed by atoms with Crippen LogP contribution in [0.3, 0.4) is 0 Å². The van der Waals surface area contributed by atoms with Crippen LogP contribution >= 0.6 is 24.8 Å². The molecule has 1 saturated carbocycles. The molecule has 2 fully saturated rings. The second-order valence-corrected chi connectivity index (χ2v) is 8.65. The van der Waals surface area contributed by atoms with Gasteiger partial charge >= 0.3 is 0 Å². The summed E-state index contributed by atoms with van der Waals surface area (Å²) in [5.41, 5.74) is 2.71. The van der Waals surface area contributed by atoms with Crippen molar-refractivity contribution in [2.75, 3.05) is 33.7 Å². The van der Waals surface area contributed by atoms with Crippen LogP contribution in [0.5, 0.6) is 0 Å². The second-order valence-electron chi connectivity index (χ2n) is 8.65. The van der Waals surface area contributed by atoms with Crippen molar-refractivity contribution in [1.82, 2.24) is 15.5 Å². The summed E-state index contributed by atoms with van der Waals surface area (Å²) in [7, 11) is 4.30. The molecule has 1 aromatic rings. The quantitative estimate of drug-likeness (QED) is 0.797. The van der Waals surface area contributed by atoms with E-state index in [2.05, 4.69) is 53.9 Å². The molecular formula is C21H33Cl2N3O. The lowest BCUT2D eigenvalue weighted by Gasteiger charge is -2.40. The SMILES string of the molecule is CN(C)C1(CNC(=O)[C@@]23CCCC[C@H]2CNC3)Cc2ccccc2C1.Cl.Cl. The number of benzene rings is 1. The van der Waals surface area contributed by atoms with E-state index < -0.39 is 0 Å². The number of amides is 1. The third kappa shape index (κ3) is 3.87. The van der Waals surface area contributed by atoms with Gasteiger partial charge < -0.3 is 15.5 Å². The molecule has 0 radical (unpaired) electrons. The van der Waals surface area contributed by atoms with Crippen LogP contribution in [0.4, 0.5) is 0 Å². The molecule has 0 bridgehead atoms. The highest BCUT2D eigenvalue weighted by atomic mass is 35.5. The molecule has 1 aromatic carbocycles. The Hall–Kier alpha value is -0.810. The fraction of sp³-hybridized carbons (Fsp3) is 0.667. The minimum absolute atomic E-state index is 0. The number of rotatable bonds is 4. The highest BCUT2D eigenvalue weighted by molar-refractivity contribution is 5.85. The Morgan fingerprint density at radius 2 is 1.85 bits per heavy atom. The van der Waals surface area contributed by atoms with Crippen molar-refractivity contribution in [2.45, 2.75) is 44.1 Å². The fourth-order valence-corrected chi connectivity index (χ4v) is 5.38. The van der Waals surface area contributed by atoms with Crippen molar-refractivity contribution in [3.63, 3.8) is 0 Å². The first-order chi connectivity index (χ1) is 12.1. The van der Waals surface area contributed by atoms with E-state index in [4.69, 9.17) is 0 Å². The summed E-state index contributed by atoms with van der Waals surface area (Å²) in [6.07, 6.45) is 6.75. The molecular weight excluding hydrogens is 381 g/mol. The summed E-state index contributed by atoms with van der Waals surface area (Å²) in [5.74, 6) is 0.816. The molecule has 27 heavy (non-hydrogen) atoms. The number of hydrogen-bond acceptors (Lipinski definition) is 3. The Bertz CT molecular complexity index is 642. The molecule has 2 N–H and O–H groups in total. The molecule has 0 unspecified atom stereocenters. The molecule has 1 amide bonds. The van der Waals surface area contributed by atoms with Crippen LogP contribution in [0.2, 0.25) is 0 Å². The van der Waals surface area contributed by atoms with Gasteiger partial charge in [0.05, 0.1) is 5.41 Å². The molecule has 3 aliphatic rings. The molecule has 0 aromatic heterocycles. The van der Waals surface area contributed by atoms with Crippen LogP contribution in [0.15, 0.2) is 24.3 Å². The highest BCUT2D eigenvalue weighted by Gasteiger charge is 2.50. The summed E-state index contributed by atoms with van der Waals surface area (Å²) < 4.78 is 0. The lowest BCUT2D eigenvalue weighted by molar-refractivity contribution is -0.134. The van der Waals surface area contributed by atoms with Crippen LogP contribution in [0.25, 0.3) is 0 Å². The van der Waals surface area contributed by atoms with Crippen molar-refractivity contribution in [3.8, 4) is 0 Å². The third-order valence-corrected chi connectivity index (χ3v) is 7.17. The Morgan fingerprint density at radius 3 is 2.48 bits per heavy atom. The van der Waals surface area contributed by atoms with Gasteiger partial charge in [-0.25, -0.2) is 0 Å². The molecule has 1 heterocycles. The maximum absolute atomic E-state index is 13.2. The first kappa shape index (κ1) is 22.5. The molecule has 152 valence electrons. The minimum Gasteiger partial charge on any atom is -0.354 e. The molecule has 1 aliphatic heterocycles. The summed E-state index contributed by atoms with van der Waals surface area (Å²) >= 11 is 0. The number of nitrogens with one attached hydrogen (secondary N) is 2. The molecule has 2 atom stereocenters. The zero-order chi connectivity index (χ0) is 17.5. The number of carbonyl (C=O) groups excluding carboxylic acids is 1. The van der Waals surface area contributed by atoms with Gasteiger partial charge in [-0.1, -0.05) is 37.1 Å². The Morgan fingerprint density at radius 1 is 1.19 bits per heavy atom. The molecule has 0 spiro atoms. The maximum atomic E-state index is 13.2. The summed E-state index contributed by atoms with van der Waals surface area (Å²) in [6, 6.07) is 8.72. The molecule has 2 aliphatic carbocycles. The van der Waals surface area contributed by atoms with Gasteiger partial charge in [-0.2, -0.15) is 0 Å². The van der Waals surface area contributed by atoms with E-state index in [0.717, 1.165) is 38.9 Å². The summed E-state index contributed by atoms with van der Waals surface area (Å²) in [5, 5.41) is 6.88. The van der Waals surface area contributed by atoms with E-state index in [-0.39, 0.29) is 35.8 Å². The smallest absolute Gasteiger partial charge is 0.227 e. The number of carbonyl (C=O) groups is 1. The average molecular weight is 414 g/mol. The third-order valence-electron chi connectivity index (χ3n) is 7.17. The molecule has 4 rings (SSSR count). The minimum atomic E-state index is -0.156. The normalized spacial score (nSPS) is 27.9. The predicted molar refractivity (Wildman–Crippen MR) is 115 cm³/mol. The number of likely N-dealkylation sites (N-methyl/N-ethyl adjacent to an activating group) is 1. The Kier molecular flexibility index (Phi) is 7.23. The van der Waals surface area contributed by atoms with Crippen LogP contribution in [-0.2, 0) is 17.6 Å². The van der Waals surface area contributed by atoms with Crippen molar-refractivity contribution >= 4 is 30.7 Å². The lowest BCUT2D eigenvalue weighted by atomic mass is 9.67. The van der Waals surface area contributed by atoms with Gasteiger partial charge in [-0.15, -0.1) is 24.8 Å². The second kappa shape index (κ2) is 8.69. The van der Waals surface area contributed by atoms with Crippen LogP contribution < -0.4 is 10.6 Å². The topological polar surface area (TPSA) is 44.4 Å². The monoisotopic (exact) mass is 413 g/mol. The number of fused-ring (bicyclic) bond motifs is 2. The molecule has 4 nitrogen and oxygen atoms in total. The fourth-order valence-electron chi connectivity index (χ4n) is 5.38. The van der Waals surface area contributed by atoms with Gasteiger partial charge in [0.15, 0.2) is 0 Å². The first-order valence-corrected chi connectivity index (χ1v) is 9.79. The van der Waals surface area contributed by atoms with Crippen molar-refractivity contribution in [1.29, 1.82) is 0 Å². The number of nitrogens with zero attached hydrogens (tertiary/aromatic N) is 1. The van der Waals surface area contributed by atoms with E-state index in [1.807, 2.05) is 0 Å². The molecule has 1 saturated heterocycles. The van der Waals surface area contributed by atoms with Crippen molar-refractivity contribution < 1.29 is 4.79 Å². The number of hydrogen-bond donors (Lipinski definition) is 2. The van der Waals surface area contributed by atoms with Gasteiger partial charge in [0, 0.05) is 18.6 Å². The molecule has 6 heteroatoms. The van der Waals surface area contributed by atoms with Gasteiger partial charge in [0.1, 0.15) is 0 Å². The Balaban J connectivity index is 0.00000131. The van der Waals surface area contributed by atoms with E-state index in [1.54, 1.807) is 0 Å². The van der Waals surface area contributed by atoms with Gasteiger partial charge in [0.25, 0.3) is 0 Å². The predicted octanol–water partition coefficient (Wildman–Crippen LogP) is 2.83. The average Bonchev–Trinajstić information content (AvgIpc) is 3.22. The van der Waals surface area contributed by atoms with Crippen LogP contribution in [-0.4, -0.2) is 50.1 Å². The van der Waals surface area contributed by atoms with E-state index in [1.165, 1.54) is 30.4 Å². The largest absolute Gasteiger partial charge is 0.354 e. The van der Waals surface area contributed by atoms with Crippen molar-refractivity contribution in [2.24, 2.45) is 11.3 Å². The summed E-state index contributed by atoms with van der Waals surface area (Å²) in [4.78, 5) is 15.5. The first-order valence-electron chi connectivity index (χ1n) is 9.79. The van der Waals surface area contributed by atoms with Gasteiger partial charge in [-0.05, 0) is 63.4 Å². The standard InChI is InChI=1S/C21H31N3O.2ClH/c1-24(2)20(11-16-7-3-4-8-17(16)12-20)14-23-19(25)21-10-6-5-9-18(21)13-22-15-21;;/h3-4,7-8,18,22H,5-6,9-15H2,1-2H3,(H,23,25);2*1H/t18-,21+;;/m0../s1.